The van der Waals surface area contributed by atoms with Gasteiger partial charge in [0.05, 0.1) is 19.8 Å². The van der Waals surface area contributed by atoms with E-state index in [9.17, 15) is 5.26 Å². The van der Waals surface area contributed by atoms with Crippen molar-refractivity contribution in [2.75, 3.05) is 20.8 Å². The van der Waals surface area contributed by atoms with Gasteiger partial charge in [-0.05, 0) is 43.5 Å². The molecule has 5 nitrogen and oxygen atoms in total. The maximum atomic E-state index is 9.42. The Hall–Kier alpha value is -1.77. The number of hydrogen-bond acceptors (Lipinski definition) is 5. The molecule has 0 aliphatic heterocycles. The highest BCUT2D eigenvalue weighted by molar-refractivity contribution is 5.43. The van der Waals surface area contributed by atoms with Crippen molar-refractivity contribution in [3.8, 4) is 17.6 Å². The van der Waals surface area contributed by atoms with Crippen LogP contribution in [0, 0.1) is 17.2 Å². The summed E-state index contributed by atoms with van der Waals surface area (Å²) in [7, 11) is 3.34. The highest BCUT2D eigenvalue weighted by Crippen LogP contribution is 2.40. The number of aliphatic hydroxyl groups excluding tert-OH is 1. The predicted molar refractivity (Wildman–Crippen MR) is 74.5 cm³/mol. The standard InChI is InChI=1S/C15H20N2O3/c1-17-15(9-16,12-4-5-12)10-20-13-6-3-11(8-18)7-14(13)19-2/h3,6-7,12,17-18H,4-5,8,10H2,1-2H3. The molecule has 1 fully saturated rings. The fourth-order valence-electron chi connectivity index (χ4n) is 2.27. The van der Waals surface area contributed by atoms with E-state index in [-0.39, 0.29) is 13.2 Å². The van der Waals surface area contributed by atoms with Crippen molar-refractivity contribution in [1.82, 2.24) is 5.32 Å². The first-order valence-corrected chi connectivity index (χ1v) is 6.70. The molecule has 0 saturated heterocycles. The van der Waals surface area contributed by atoms with Crippen LogP contribution in [-0.2, 0) is 6.61 Å². The molecule has 2 rings (SSSR count). The quantitative estimate of drug-likeness (QED) is 0.788. The van der Waals surface area contributed by atoms with E-state index in [1.54, 1.807) is 32.4 Å². The highest BCUT2D eigenvalue weighted by atomic mass is 16.5. The smallest absolute Gasteiger partial charge is 0.161 e. The summed E-state index contributed by atoms with van der Waals surface area (Å²) in [6, 6.07) is 7.62. The zero-order chi connectivity index (χ0) is 14.6. The number of aliphatic hydroxyl groups is 1. The zero-order valence-electron chi connectivity index (χ0n) is 11.8. The highest BCUT2D eigenvalue weighted by Gasteiger charge is 2.45. The van der Waals surface area contributed by atoms with Crippen LogP contribution in [-0.4, -0.2) is 31.4 Å². The predicted octanol–water partition coefficient (Wildman–Crippen LogP) is 1.46. The summed E-state index contributed by atoms with van der Waals surface area (Å²) in [4.78, 5) is 0. The van der Waals surface area contributed by atoms with E-state index in [0.717, 1.165) is 18.4 Å². The first-order valence-electron chi connectivity index (χ1n) is 6.70. The second kappa shape index (κ2) is 6.12. The van der Waals surface area contributed by atoms with Gasteiger partial charge in [0.2, 0.25) is 0 Å². The van der Waals surface area contributed by atoms with Gasteiger partial charge in [0.15, 0.2) is 11.5 Å². The minimum atomic E-state index is -0.638. The van der Waals surface area contributed by atoms with E-state index in [0.29, 0.717) is 17.4 Å². The average molecular weight is 276 g/mol. The van der Waals surface area contributed by atoms with E-state index in [2.05, 4.69) is 11.4 Å². The van der Waals surface area contributed by atoms with Crippen LogP contribution in [0.3, 0.4) is 0 Å². The minimum Gasteiger partial charge on any atom is -0.493 e. The topological polar surface area (TPSA) is 74.5 Å². The molecule has 1 saturated carbocycles. The van der Waals surface area contributed by atoms with Gasteiger partial charge in [-0.2, -0.15) is 5.26 Å². The first kappa shape index (κ1) is 14.6. The monoisotopic (exact) mass is 276 g/mol. The first-order chi connectivity index (χ1) is 9.69. The lowest BCUT2D eigenvalue weighted by Gasteiger charge is -2.26. The molecule has 0 aromatic heterocycles. The molecular weight excluding hydrogens is 256 g/mol. The van der Waals surface area contributed by atoms with Crippen molar-refractivity contribution in [2.45, 2.75) is 25.0 Å². The molecule has 0 radical (unpaired) electrons. The van der Waals surface area contributed by atoms with Crippen LogP contribution >= 0.6 is 0 Å². The van der Waals surface area contributed by atoms with Gasteiger partial charge >= 0.3 is 0 Å². The molecule has 0 spiro atoms. The van der Waals surface area contributed by atoms with Crippen LogP contribution in [0.5, 0.6) is 11.5 Å². The van der Waals surface area contributed by atoms with Crippen molar-refractivity contribution in [3.05, 3.63) is 23.8 Å². The Balaban J connectivity index is 2.12. The van der Waals surface area contributed by atoms with Gasteiger partial charge in [0, 0.05) is 0 Å². The number of likely N-dealkylation sites (N-methyl/N-ethyl adjacent to an activating group) is 1. The Labute approximate surface area is 119 Å². The molecular formula is C15H20N2O3. The Kier molecular flexibility index (Phi) is 4.48. The molecule has 20 heavy (non-hydrogen) atoms. The summed E-state index contributed by atoms with van der Waals surface area (Å²) in [6.07, 6.45) is 2.11. The SMILES string of the molecule is CNC(C#N)(COc1ccc(CO)cc1OC)C1CC1. The fraction of sp³-hybridized carbons (Fsp3) is 0.533. The second-order valence-electron chi connectivity index (χ2n) is 5.04. The molecule has 1 atom stereocenters. The Bertz CT molecular complexity index is 508. The van der Waals surface area contributed by atoms with Crippen molar-refractivity contribution in [2.24, 2.45) is 5.92 Å². The van der Waals surface area contributed by atoms with Gasteiger partial charge in [0.1, 0.15) is 12.1 Å². The Morgan fingerprint density at radius 1 is 1.45 bits per heavy atom. The van der Waals surface area contributed by atoms with E-state index in [1.165, 1.54) is 0 Å². The van der Waals surface area contributed by atoms with Gasteiger partial charge in [-0.15, -0.1) is 0 Å². The number of benzene rings is 1. The van der Waals surface area contributed by atoms with Gasteiger partial charge in [-0.3, -0.25) is 5.32 Å². The van der Waals surface area contributed by atoms with Gasteiger partial charge in [-0.25, -0.2) is 0 Å². The number of methoxy groups -OCH3 is 1. The summed E-state index contributed by atoms with van der Waals surface area (Å²) in [5, 5.41) is 21.6. The maximum absolute atomic E-state index is 9.42. The lowest BCUT2D eigenvalue weighted by atomic mass is 9.96. The summed E-state index contributed by atoms with van der Waals surface area (Å²) >= 11 is 0. The molecule has 0 amide bonds. The lowest BCUT2D eigenvalue weighted by Crippen LogP contribution is -2.49. The molecule has 0 heterocycles. The molecule has 1 aliphatic rings. The van der Waals surface area contributed by atoms with E-state index in [1.807, 2.05) is 0 Å². The molecule has 1 unspecified atom stereocenters. The third kappa shape index (κ3) is 2.87. The van der Waals surface area contributed by atoms with Crippen molar-refractivity contribution in [3.63, 3.8) is 0 Å². The molecule has 1 aromatic carbocycles. The van der Waals surface area contributed by atoms with Crippen LogP contribution in [0.4, 0.5) is 0 Å². The number of rotatable bonds is 7. The normalized spacial score (nSPS) is 17.1. The number of nitriles is 1. The molecule has 0 bridgehead atoms. The average Bonchev–Trinajstić information content (AvgIpc) is 3.34. The minimum absolute atomic E-state index is 0.0443. The second-order valence-corrected chi connectivity index (χ2v) is 5.04. The Morgan fingerprint density at radius 3 is 2.70 bits per heavy atom. The summed E-state index contributed by atoms with van der Waals surface area (Å²) in [6.45, 7) is 0.233. The van der Waals surface area contributed by atoms with E-state index < -0.39 is 5.54 Å². The van der Waals surface area contributed by atoms with Crippen LogP contribution in [0.25, 0.3) is 0 Å². The van der Waals surface area contributed by atoms with Crippen LogP contribution < -0.4 is 14.8 Å². The number of nitrogens with zero attached hydrogens (tertiary/aromatic N) is 1. The summed E-state index contributed by atoms with van der Waals surface area (Å²) in [5.41, 5.74) is 0.122. The largest absolute Gasteiger partial charge is 0.493 e. The van der Waals surface area contributed by atoms with Crippen LogP contribution in [0.1, 0.15) is 18.4 Å². The molecule has 5 heteroatoms. The number of nitrogens with one attached hydrogen (secondary N) is 1. The molecule has 1 aromatic rings. The Morgan fingerprint density at radius 2 is 2.20 bits per heavy atom. The van der Waals surface area contributed by atoms with Crippen molar-refractivity contribution >= 4 is 0 Å². The summed E-state index contributed by atoms with van der Waals surface area (Å²) < 4.78 is 11.0. The van der Waals surface area contributed by atoms with Crippen molar-refractivity contribution in [1.29, 1.82) is 5.26 Å². The molecule has 2 N–H and O–H groups in total. The maximum Gasteiger partial charge on any atom is 0.161 e. The third-order valence-electron chi connectivity index (χ3n) is 3.79. The lowest BCUT2D eigenvalue weighted by molar-refractivity contribution is 0.203. The van der Waals surface area contributed by atoms with Gasteiger partial charge in [-0.1, -0.05) is 6.07 Å². The van der Waals surface area contributed by atoms with Gasteiger partial charge in [0.25, 0.3) is 0 Å². The number of hydrogen-bond donors (Lipinski definition) is 2. The van der Waals surface area contributed by atoms with E-state index >= 15 is 0 Å². The van der Waals surface area contributed by atoms with Crippen molar-refractivity contribution < 1.29 is 14.6 Å². The van der Waals surface area contributed by atoms with Crippen LogP contribution in [0.15, 0.2) is 18.2 Å². The van der Waals surface area contributed by atoms with E-state index in [4.69, 9.17) is 14.6 Å². The van der Waals surface area contributed by atoms with Gasteiger partial charge < -0.3 is 14.6 Å². The summed E-state index contributed by atoms with van der Waals surface area (Å²) in [5.74, 6) is 1.50. The molecule has 1 aliphatic carbocycles. The third-order valence-corrected chi connectivity index (χ3v) is 3.79. The zero-order valence-corrected chi connectivity index (χ0v) is 11.8. The number of ether oxygens (including phenoxy) is 2. The van der Waals surface area contributed by atoms with Crippen LogP contribution in [0.2, 0.25) is 0 Å². The molecule has 108 valence electrons. The fourth-order valence-corrected chi connectivity index (χ4v) is 2.27.